The SMILES string of the molecule is CCOCC1CN(C(=O)c2ccccc2)Cc2cncn2C1. The normalized spacial score (nSPS) is 17.9. The van der Waals surface area contributed by atoms with Crippen molar-refractivity contribution in [3.8, 4) is 0 Å². The van der Waals surface area contributed by atoms with Crippen molar-refractivity contribution in [3.05, 3.63) is 54.1 Å². The minimum absolute atomic E-state index is 0.0664. The number of benzene rings is 1. The molecule has 1 amide bonds. The van der Waals surface area contributed by atoms with E-state index in [-0.39, 0.29) is 11.8 Å². The zero-order valence-electron chi connectivity index (χ0n) is 12.8. The van der Waals surface area contributed by atoms with Gasteiger partial charge in [-0.05, 0) is 19.1 Å². The van der Waals surface area contributed by atoms with E-state index in [1.54, 1.807) is 0 Å². The molecule has 0 radical (unpaired) electrons. The summed E-state index contributed by atoms with van der Waals surface area (Å²) >= 11 is 0. The Labute approximate surface area is 130 Å². The lowest BCUT2D eigenvalue weighted by molar-refractivity contribution is 0.0619. The average Bonchev–Trinajstić information content (AvgIpc) is 2.91. The Bertz CT molecular complexity index is 624. The van der Waals surface area contributed by atoms with Crippen molar-refractivity contribution in [2.45, 2.75) is 20.0 Å². The van der Waals surface area contributed by atoms with Crippen LogP contribution in [-0.2, 0) is 17.8 Å². The number of imidazole rings is 1. The molecule has 0 N–H and O–H groups in total. The van der Waals surface area contributed by atoms with Crippen LogP contribution in [0.25, 0.3) is 0 Å². The fourth-order valence-corrected chi connectivity index (χ4v) is 2.86. The van der Waals surface area contributed by atoms with E-state index in [4.69, 9.17) is 4.74 Å². The second kappa shape index (κ2) is 6.75. The van der Waals surface area contributed by atoms with Gasteiger partial charge in [0.15, 0.2) is 0 Å². The highest BCUT2D eigenvalue weighted by molar-refractivity contribution is 5.94. The Kier molecular flexibility index (Phi) is 4.53. The molecule has 0 bridgehead atoms. The lowest BCUT2D eigenvalue weighted by Gasteiger charge is -2.24. The summed E-state index contributed by atoms with van der Waals surface area (Å²) < 4.78 is 7.71. The Hall–Kier alpha value is -2.14. The molecule has 3 rings (SSSR count). The lowest BCUT2D eigenvalue weighted by atomic mass is 10.1. The van der Waals surface area contributed by atoms with Crippen LogP contribution < -0.4 is 0 Å². The molecule has 5 nitrogen and oxygen atoms in total. The van der Waals surface area contributed by atoms with Crippen molar-refractivity contribution in [3.63, 3.8) is 0 Å². The number of carbonyl (C=O) groups is 1. The molecule has 1 aromatic carbocycles. The van der Waals surface area contributed by atoms with Gasteiger partial charge in [-0.2, -0.15) is 0 Å². The van der Waals surface area contributed by atoms with Crippen molar-refractivity contribution in [1.82, 2.24) is 14.5 Å². The van der Waals surface area contributed by atoms with Crippen LogP contribution in [-0.4, -0.2) is 40.1 Å². The van der Waals surface area contributed by atoms with E-state index in [1.165, 1.54) is 0 Å². The summed E-state index contributed by atoms with van der Waals surface area (Å²) in [6.07, 6.45) is 3.68. The van der Waals surface area contributed by atoms with Gasteiger partial charge in [0.05, 0.1) is 25.2 Å². The summed E-state index contributed by atoms with van der Waals surface area (Å²) in [6, 6.07) is 9.44. The fourth-order valence-electron chi connectivity index (χ4n) is 2.86. The predicted octanol–water partition coefficient (Wildman–Crippen LogP) is 2.19. The zero-order valence-corrected chi connectivity index (χ0v) is 12.8. The van der Waals surface area contributed by atoms with Gasteiger partial charge >= 0.3 is 0 Å². The summed E-state index contributed by atoms with van der Waals surface area (Å²) in [4.78, 5) is 18.9. The van der Waals surface area contributed by atoms with Crippen LogP contribution in [0.3, 0.4) is 0 Å². The molecule has 22 heavy (non-hydrogen) atoms. The highest BCUT2D eigenvalue weighted by atomic mass is 16.5. The molecule has 0 saturated heterocycles. The van der Waals surface area contributed by atoms with Crippen LogP contribution in [0.4, 0.5) is 0 Å². The average molecular weight is 299 g/mol. The van der Waals surface area contributed by atoms with Gasteiger partial charge in [0, 0.05) is 37.4 Å². The van der Waals surface area contributed by atoms with Gasteiger partial charge < -0.3 is 14.2 Å². The lowest BCUT2D eigenvalue weighted by Crippen LogP contribution is -2.35. The van der Waals surface area contributed by atoms with E-state index in [2.05, 4.69) is 9.55 Å². The first-order valence-corrected chi connectivity index (χ1v) is 7.69. The standard InChI is InChI=1S/C17H21N3O2/c1-2-22-12-14-9-19(11-16-8-18-13-20(16)10-14)17(21)15-6-4-3-5-7-15/h3-8,13-14H,2,9-12H2,1H3. The first kappa shape index (κ1) is 14.8. The second-order valence-corrected chi connectivity index (χ2v) is 5.61. The van der Waals surface area contributed by atoms with Gasteiger partial charge in [-0.25, -0.2) is 4.98 Å². The van der Waals surface area contributed by atoms with Crippen LogP contribution in [0.15, 0.2) is 42.9 Å². The van der Waals surface area contributed by atoms with Crippen LogP contribution in [0.2, 0.25) is 0 Å². The first-order chi connectivity index (χ1) is 10.8. The van der Waals surface area contributed by atoms with Crippen LogP contribution in [0.1, 0.15) is 23.0 Å². The maximum Gasteiger partial charge on any atom is 0.254 e. The van der Waals surface area contributed by atoms with E-state index >= 15 is 0 Å². The molecule has 2 heterocycles. The maximum atomic E-state index is 12.8. The molecule has 0 spiro atoms. The predicted molar refractivity (Wildman–Crippen MR) is 83.4 cm³/mol. The summed E-state index contributed by atoms with van der Waals surface area (Å²) in [7, 11) is 0. The quantitative estimate of drug-likeness (QED) is 0.869. The molecule has 1 aromatic heterocycles. The Morgan fingerprint density at radius 2 is 2.14 bits per heavy atom. The first-order valence-electron chi connectivity index (χ1n) is 7.69. The maximum absolute atomic E-state index is 12.8. The van der Waals surface area contributed by atoms with Crippen molar-refractivity contribution < 1.29 is 9.53 Å². The topological polar surface area (TPSA) is 47.4 Å². The zero-order chi connectivity index (χ0) is 15.4. The highest BCUT2D eigenvalue weighted by Crippen LogP contribution is 2.18. The van der Waals surface area contributed by atoms with Crippen LogP contribution >= 0.6 is 0 Å². The largest absolute Gasteiger partial charge is 0.381 e. The molecule has 1 unspecified atom stereocenters. The molecule has 116 valence electrons. The van der Waals surface area contributed by atoms with Gasteiger partial charge in [0.2, 0.25) is 0 Å². The molecule has 0 saturated carbocycles. The Morgan fingerprint density at radius 3 is 2.91 bits per heavy atom. The number of hydrogen-bond acceptors (Lipinski definition) is 3. The van der Waals surface area contributed by atoms with Crippen molar-refractivity contribution >= 4 is 5.91 Å². The molecule has 0 fully saturated rings. The number of ether oxygens (including phenoxy) is 1. The van der Waals surface area contributed by atoms with Crippen LogP contribution in [0, 0.1) is 5.92 Å². The highest BCUT2D eigenvalue weighted by Gasteiger charge is 2.25. The molecule has 1 aliphatic heterocycles. The summed E-state index contributed by atoms with van der Waals surface area (Å²) in [5, 5.41) is 0. The number of hydrogen-bond donors (Lipinski definition) is 0. The van der Waals surface area contributed by atoms with Gasteiger partial charge in [0.1, 0.15) is 0 Å². The van der Waals surface area contributed by atoms with Crippen molar-refractivity contribution in [1.29, 1.82) is 0 Å². The van der Waals surface area contributed by atoms with E-state index < -0.39 is 0 Å². The van der Waals surface area contributed by atoms with Crippen LogP contribution in [0.5, 0.6) is 0 Å². The summed E-state index contributed by atoms with van der Waals surface area (Å²) in [5.74, 6) is 0.347. The molecule has 1 atom stereocenters. The number of amides is 1. The van der Waals surface area contributed by atoms with Gasteiger partial charge in [-0.1, -0.05) is 18.2 Å². The third-order valence-corrected chi connectivity index (χ3v) is 3.95. The number of rotatable bonds is 4. The number of carbonyl (C=O) groups excluding carboxylic acids is 1. The smallest absolute Gasteiger partial charge is 0.254 e. The molecule has 0 aliphatic carbocycles. The number of aromatic nitrogens is 2. The summed E-state index contributed by atoms with van der Waals surface area (Å²) in [5.41, 5.74) is 1.80. The Morgan fingerprint density at radius 1 is 1.32 bits per heavy atom. The van der Waals surface area contributed by atoms with Gasteiger partial charge in [-0.15, -0.1) is 0 Å². The molecular formula is C17H21N3O2. The molecular weight excluding hydrogens is 278 g/mol. The van der Waals surface area contributed by atoms with Gasteiger partial charge in [-0.3, -0.25) is 4.79 Å². The van der Waals surface area contributed by atoms with Gasteiger partial charge in [0.25, 0.3) is 5.91 Å². The van der Waals surface area contributed by atoms with E-state index in [0.29, 0.717) is 26.3 Å². The minimum Gasteiger partial charge on any atom is -0.381 e. The monoisotopic (exact) mass is 299 g/mol. The van der Waals surface area contributed by atoms with E-state index in [1.807, 2.05) is 54.7 Å². The van der Waals surface area contributed by atoms with E-state index in [0.717, 1.165) is 17.8 Å². The minimum atomic E-state index is 0.0664. The fraction of sp³-hybridized carbons (Fsp3) is 0.412. The molecule has 5 heteroatoms. The number of nitrogens with zero attached hydrogens (tertiary/aromatic N) is 3. The van der Waals surface area contributed by atoms with Crippen molar-refractivity contribution in [2.75, 3.05) is 19.8 Å². The molecule has 1 aliphatic rings. The summed E-state index contributed by atoms with van der Waals surface area (Å²) in [6.45, 7) is 5.48. The van der Waals surface area contributed by atoms with Crippen molar-refractivity contribution in [2.24, 2.45) is 5.92 Å². The second-order valence-electron chi connectivity index (χ2n) is 5.61. The Balaban J connectivity index is 1.82. The van der Waals surface area contributed by atoms with E-state index in [9.17, 15) is 4.79 Å². The third-order valence-electron chi connectivity index (χ3n) is 3.95. The molecule has 2 aromatic rings. The number of fused-ring (bicyclic) bond motifs is 1. The third kappa shape index (κ3) is 3.20.